The summed E-state index contributed by atoms with van der Waals surface area (Å²) >= 11 is 20.0. The van der Waals surface area contributed by atoms with Crippen LogP contribution in [0.1, 0.15) is 28.4 Å². The molecule has 0 aliphatic carbocycles. The summed E-state index contributed by atoms with van der Waals surface area (Å²) in [6.45, 7) is 0.843. The van der Waals surface area contributed by atoms with Gasteiger partial charge in [0, 0.05) is 38.9 Å². The highest BCUT2D eigenvalue weighted by Crippen LogP contribution is 2.41. The van der Waals surface area contributed by atoms with Crippen molar-refractivity contribution in [1.29, 1.82) is 0 Å². The number of aromatic amines is 1. The van der Waals surface area contributed by atoms with Crippen LogP contribution in [0.4, 0.5) is 0 Å². The van der Waals surface area contributed by atoms with Gasteiger partial charge in [0.25, 0.3) is 0 Å². The van der Waals surface area contributed by atoms with E-state index < -0.39 is 0 Å². The number of thiocarbonyl (C=S) groups is 1. The third-order valence-electron chi connectivity index (χ3n) is 6.03. The zero-order valence-corrected chi connectivity index (χ0v) is 21.1. The number of nitrogens with zero attached hydrogens (tertiary/aromatic N) is 1. The van der Waals surface area contributed by atoms with E-state index in [-0.39, 0.29) is 6.04 Å². The molecule has 1 unspecified atom stereocenters. The van der Waals surface area contributed by atoms with E-state index in [1.54, 1.807) is 18.9 Å². The van der Waals surface area contributed by atoms with E-state index in [0.717, 1.165) is 44.4 Å². The lowest BCUT2D eigenvalue weighted by molar-refractivity contribution is 0.345. The Morgan fingerprint density at radius 1 is 1.06 bits per heavy atom. The Kier molecular flexibility index (Phi) is 6.57. The molecule has 3 aromatic carbocycles. The molecule has 7 heteroatoms. The number of rotatable bonds is 4. The molecular weight excluding hydrogens is 491 g/mol. The minimum Gasteiger partial charge on any atom is -0.497 e. The van der Waals surface area contributed by atoms with Gasteiger partial charge < -0.3 is 14.6 Å². The second kappa shape index (κ2) is 9.59. The third-order valence-corrected chi connectivity index (χ3v) is 8.06. The van der Waals surface area contributed by atoms with Gasteiger partial charge in [-0.3, -0.25) is 0 Å². The Morgan fingerprint density at radius 3 is 2.52 bits per heavy atom. The van der Waals surface area contributed by atoms with Crippen molar-refractivity contribution < 1.29 is 4.74 Å². The monoisotopic (exact) mass is 512 g/mol. The molecule has 3 nitrogen and oxygen atoms in total. The Balaban J connectivity index is 1.50. The van der Waals surface area contributed by atoms with Crippen molar-refractivity contribution in [1.82, 2.24) is 9.88 Å². The van der Waals surface area contributed by atoms with Crippen LogP contribution in [0.25, 0.3) is 10.9 Å². The molecule has 4 aromatic rings. The van der Waals surface area contributed by atoms with Crippen LogP contribution in [-0.4, -0.2) is 27.9 Å². The average molecular weight is 514 g/mol. The predicted molar refractivity (Wildman–Crippen MR) is 144 cm³/mol. The maximum atomic E-state index is 6.32. The van der Waals surface area contributed by atoms with Gasteiger partial charge in [0.05, 0.1) is 13.2 Å². The number of fused-ring (bicyclic) bond motifs is 3. The molecule has 168 valence electrons. The van der Waals surface area contributed by atoms with Crippen LogP contribution in [0.3, 0.4) is 0 Å². The number of benzene rings is 3. The first-order valence-electron chi connectivity index (χ1n) is 10.7. The zero-order valence-electron chi connectivity index (χ0n) is 18.0. The third kappa shape index (κ3) is 4.60. The number of ether oxygens (including phenoxy) is 1. The lowest BCUT2D eigenvalue weighted by Gasteiger charge is -2.37. The molecule has 2 heterocycles. The fourth-order valence-electron chi connectivity index (χ4n) is 4.40. The number of H-pyrrole nitrogens is 1. The zero-order chi connectivity index (χ0) is 22.9. The average Bonchev–Trinajstić information content (AvgIpc) is 3.21. The van der Waals surface area contributed by atoms with Crippen LogP contribution in [0, 0.1) is 0 Å². The number of thioether (sulfide) groups is 1. The Labute approximate surface area is 213 Å². The van der Waals surface area contributed by atoms with Gasteiger partial charge in [-0.1, -0.05) is 71.4 Å². The van der Waals surface area contributed by atoms with Crippen LogP contribution in [-0.2, 0) is 12.2 Å². The minimum atomic E-state index is -0.00366. The first-order valence-corrected chi connectivity index (χ1v) is 12.8. The molecule has 1 aliphatic heterocycles. The summed E-state index contributed by atoms with van der Waals surface area (Å²) in [6, 6.07) is 22.2. The minimum absolute atomic E-state index is 0.00366. The van der Waals surface area contributed by atoms with Crippen LogP contribution in [0.2, 0.25) is 10.0 Å². The number of hydrogen-bond donors (Lipinski definition) is 1. The van der Waals surface area contributed by atoms with Crippen LogP contribution < -0.4 is 4.74 Å². The van der Waals surface area contributed by atoms with Gasteiger partial charge in [-0.15, -0.1) is 0 Å². The lowest BCUT2D eigenvalue weighted by atomic mass is 9.93. The molecule has 0 bridgehead atoms. The van der Waals surface area contributed by atoms with Gasteiger partial charge in [-0.2, -0.15) is 0 Å². The summed E-state index contributed by atoms with van der Waals surface area (Å²) in [4.78, 5) is 6.00. The van der Waals surface area contributed by atoms with Gasteiger partial charge in [0.1, 0.15) is 10.1 Å². The quantitative estimate of drug-likeness (QED) is 0.284. The molecule has 5 rings (SSSR count). The molecule has 33 heavy (non-hydrogen) atoms. The molecular formula is C26H22Cl2N2OS2. The fourth-order valence-corrected chi connectivity index (χ4v) is 5.92. The van der Waals surface area contributed by atoms with Crippen molar-refractivity contribution in [3.63, 3.8) is 0 Å². The van der Waals surface area contributed by atoms with E-state index >= 15 is 0 Å². The van der Waals surface area contributed by atoms with E-state index in [0.29, 0.717) is 0 Å². The lowest BCUT2D eigenvalue weighted by Crippen LogP contribution is -2.38. The van der Waals surface area contributed by atoms with Crippen molar-refractivity contribution in [2.24, 2.45) is 0 Å². The smallest absolute Gasteiger partial charge is 0.137 e. The highest BCUT2D eigenvalue weighted by atomic mass is 35.5. The molecule has 1 atom stereocenters. The molecule has 1 aromatic heterocycles. The van der Waals surface area contributed by atoms with Gasteiger partial charge in [0.2, 0.25) is 0 Å². The molecule has 0 fully saturated rings. The second-order valence-electron chi connectivity index (χ2n) is 8.01. The van der Waals surface area contributed by atoms with Gasteiger partial charge in [-0.05, 0) is 65.6 Å². The van der Waals surface area contributed by atoms with Gasteiger partial charge in [-0.25, -0.2) is 0 Å². The molecule has 0 amide bonds. The standard InChI is InChI=1S/C26H22Cl2N2OS2/c1-31-20-9-4-17(5-10-20)25-24-21(22-14-19(28)8-11-23(22)29-24)12-13-30(25)26(32)33-15-16-2-6-18(27)7-3-16/h2-11,14,25,29H,12-13,15H2,1H3. The second-order valence-corrected chi connectivity index (χ2v) is 10.5. The summed E-state index contributed by atoms with van der Waals surface area (Å²) in [5, 5.41) is 2.69. The first-order chi connectivity index (χ1) is 16.0. The van der Waals surface area contributed by atoms with Crippen molar-refractivity contribution in [2.75, 3.05) is 13.7 Å². The fraction of sp³-hybridized carbons (Fsp3) is 0.192. The Hall–Kier alpha value is -2.18. The maximum absolute atomic E-state index is 6.32. The molecule has 0 saturated heterocycles. The van der Waals surface area contributed by atoms with Crippen LogP contribution >= 0.6 is 47.2 Å². The van der Waals surface area contributed by atoms with Crippen LogP contribution in [0.5, 0.6) is 5.75 Å². The number of nitrogens with one attached hydrogen (secondary N) is 1. The summed E-state index contributed by atoms with van der Waals surface area (Å²) in [5.41, 5.74) is 5.97. The Morgan fingerprint density at radius 2 is 1.79 bits per heavy atom. The maximum Gasteiger partial charge on any atom is 0.137 e. The summed E-state index contributed by atoms with van der Waals surface area (Å²) < 4.78 is 6.26. The van der Waals surface area contributed by atoms with Crippen molar-refractivity contribution in [3.8, 4) is 5.75 Å². The summed E-state index contributed by atoms with van der Waals surface area (Å²) in [5.74, 6) is 1.64. The number of methoxy groups -OCH3 is 1. The largest absolute Gasteiger partial charge is 0.497 e. The predicted octanol–water partition coefficient (Wildman–Crippen LogP) is 7.65. The number of halogens is 2. The molecule has 1 aliphatic rings. The van der Waals surface area contributed by atoms with Crippen molar-refractivity contribution in [2.45, 2.75) is 18.2 Å². The van der Waals surface area contributed by atoms with E-state index in [1.165, 1.54) is 27.8 Å². The molecule has 0 saturated carbocycles. The van der Waals surface area contributed by atoms with E-state index in [2.05, 4.69) is 46.3 Å². The highest BCUT2D eigenvalue weighted by molar-refractivity contribution is 8.22. The van der Waals surface area contributed by atoms with E-state index in [4.69, 9.17) is 40.2 Å². The SMILES string of the molecule is COc1ccc(C2c3[nH]c4ccc(Cl)cc4c3CCN2C(=S)SCc2ccc(Cl)cc2)cc1. The van der Waals surface area contributed by atoms with Gasteiger partial charge in [0.15, 0.2) is 0 Å². The first kappa shape index (κ1) is 22.6. The summed E-state index contributed by atoms with van der Waals surface area (Å²) in [7, 11) is 1.68. The normalized spacial score (nSPS) is 15.5. The molecule has 0 radical (unpaired) electrons. The highest BCUT2D eigenvalue weighted by Gasteiger charge is 2.33. The summed E-state index contributed by atoms with van der Waals surface area (Å²) in [6.07, 6.45) is 0.907. The van der Waals surface area contributed by atoms with Crippen LogP contribution in [0.15, 0.2) is 66.7 Å². The number of hydrogen-bond acceptors (Lipinski definition) is 3. The number of aromatic nitrogens is 1. The van der Waals surface area contributed by atoms with Crippen molar-refractivity contribution in [3.05, 3.63) is 99.2 Å². The molecule has 1 N–H and O–H groups in total. The molecule has 0 spiro atoms. The van der Waals surface area contributed by atoms with Gasteiger partial charge >= 0.3 is 0 Å². The topological polar surface area (TPSA) is 28.3 Å². The Bertz CT molecular complexity index is 1300. The van der Waals surface area contributed by atoms with E-state index in [9.17, 15) is 0 Å². The van der Waals surface area contributed by atoms with E-state index in [1.807, 2.05) is 30.3 Å². The van der Waals surface area contributed by atoms with Crippen molar-refractivity contribution >= 4 is 62.4 Å².